The first-order valence-corrected chi connectivity index (χ1v) is 8.55. The van der Waals surface area contributed by atoms with Crippen molar-refractivity contribution in [2.75, 3.05) is 6.54 Å². The zero-order chi connectivity index (χ0) is 16.2. The zero-order valence-electron chi connectivity index (χ0n) is 14.6. The van der Waals surface area contributed by atoms with Gasteiger partial charge in [0, 0.05) is 17.8 Å². The Balaban J connectivity index is 0.000000847. The third-order valence-corrected chi connectivity index (χ3v) is 4.20. The topological polar surface area (TPSA) is 43.1 Å². The highest BCUT2D eigenvalue weighted by molar-refractivity contribution is 5.89. The zero-order valence-corrected chi connectivity index (χ0v) is 14.6. The van der Waals surface area contributed by atoms with Gasteiger partial charge in [-0.25, -0.2) is 9.97 Å². The van der Waals surface area contributed by atoms with Gasteiger partial charge >= 0.3 is 0 Å². The first-order valence-electron chi connectivity index (χ1n) is 8.55. The summed E-state index contributed by atoms with van der Waals surface area (Å²) >= 11 is 0. The van der Waals surface area contributed by atoms with E-state index in [1.165, 1.54) is 18.5 Å². The van der Waals surface area contributed by atoms with E-state index in [0.29, 0.717) is 0 Å². The summed E-state index contributed by atoms with van der Waals surface area (Å²) < 4.78 is 2.43. The van der Waals surface area contributed by atoms with E-state index in [4.69, 9.17) is 4.98 Å². The van der Waals surface area contributed by atoms with E-state index in [1.807, 2.05) is 33.2 Å². The minimum absolute atomic E-state index is 0.0934. The normalized spacial score (nSPS) is 15.3. The molecule has 4 nitrogen and oxygen atoms in total. The maximum Gasteiger partial charge on any atom is 0.144 e. The van der Waals surface area contributed by atoms with Gasteiger partial charge in [-0.3, -0.25) is 4.99 Å². The molecule has 0 fully saturated rings. The lowest BCUT2D eigenvalue weighted by molar-refractivity contribution is 0.247. The Bertz CT molecular complexity index is 648. The van der Waals surface area contributed by atoms with Crippen LogP contribution in [0.5, 0.6) is 0 Å². The van der Waals surface area contributed by atoms with Gasteiger partial charge in [-0.2, -0.15) is 0 Å². The monoisotopic (exact) mass is 300 g/mol. The van der Waals surface area contributed by atoms with Crippen LogP contribution in [0.15, 0.2) is 17.3 Å². The van der Waals surface area contributed by atoms with Gasteiger partial charge in [0.2, 0.25) is 0 Å². The Morgan fingerprint density at radius 2 is 1.86 bits per heavy atom. The molecule has 2 aromatic rings. The average Bonchev–Trinajstić information content (AvgIpc) is 2.89. The molecule has 22 heavy (non-hydrogen) atoms. The maximum absolute atomic E-state index is 4.70. The molecular weight excluding hydrogens is 272 g/mol. The van der Waals surface area contributed by atoms with Crippen molar-refractivity contribution in [1.29, 1.82) is 0 Å². The second-order valence-electron chi connectivity index (χ2n) is 5.79. The number of fused-ring (bicyclic) bond motifs is 3. The first-order chi connectivity index (χ1) is 10.7. The van der Waals surface area contributed by atoms with Gasteiger partial charge in [0.05, 0.1) is 17.8 Å². The summed E-state index contributed by atoms with van der Waals surface area (Å²) in [7, 11) is 0. The summed E-state index contributed by atoms with van der Waals surface area (Å²) in [5.41, 5.74) is 2.34. The van der Waals surface area contributed by atoms with Crippen molar-refractivity contribution in [3.8, 4) is 0 Å². The molecular formula is C18H28N4. The van der Waals surface area contributed by atoms with Crippen molar-refractivity contribution >= 4 is 17.2 Å². The van der Waals surface area contributed by atoms with Crippen molar-refractivity contribution in [1.82, 2.24) is 14.5 Å². The van der Waals surface area contributed by atoms with E-state index in [2.05, 4.69) is 34.5 Å². The van der Waals surface area contributed by atoms with Crippen LogP contribution in [0.3, 0.4) is 0 Å². The fourth-order valence-corrected chi connectivity index (χ4v) is 3.51. The molecule has 0 amide bonds. The molecule has 120 valence electrons. The van der Waals surface area contributed by atoms with E-state index >= 15 is 0 Å². The number of aryl methyl sites for hydroxylation is 1. The summed E-state index contributed by atoms with van der Waals surface area (Å²) in [5, 5.41) is 1.12. The lowest BCUT2D eigenvalue weighted by Gasteiger charge is -2.37. The Morgan fingerprint density at radius 3 is 2.50 bits per heavy atom. The number of nitrogens with zero attached hydrogens (tertiary/aromatic N) is 4. The van der Waals surface area contributed by atoms with Crippen LogP contribution in [0.4, 0.5) is 0 Å². The molecule has 3 rings (SSSR count). The standard InChI is InChI=1S/C16H22N4.C2H6/c1-4-6-16(7-5-2)11-17-10-14-8-13-9-18-12(3)19-15(13)20(14)16;1-2/h8-10H,4-7,11H2,1-3H3;1-2H3. The number of hydrogen-bond acceptors (Lipinski definition) is 3. The quantitative estimate of drug-likeness (QED) is 0.834. The smallest absolute Gasteiger partial charge is 0.144 e. The predicted molar refractivity (Wildman–Crippen MR) is 93.9 cm³/mol. The van der Waals surface area contributed by atoms with E-state index in [-0.39, 0.29) is 5.54 Å². The van der Waals surface area contributed by atoms with Crippen molar-refractivity contribution in [2.24, 2.45) is 4.99 Å². The van der Waals surface area contributed by atoms with Crippen LogP contribution in [0.1, 0.15) is 64.9 Å². The fourth-order valence-electron chi connectivity index (χ4n) is 3.51. The summed E-state index contributed by atoms with van der Waals surface area (Å²) in [6.45, 7) is 11.3. The predicted octanol–water partition coefficient (Wildman–Crippen LogP) is 4.49. The van der Waals surface area contributed by atoms with Crippen molar-refractivity contribution < 1.29 is 0 Å². The number of rotatable bonds is 4. The largest absolute Gasteiger partial charge is 0.316 e. The van der Waals surface area contributed by atoms with Crippen LogP contribution >= 0.6 is 0 Å². The molecule has 0 radical (unpaired) electrons. The molecule has 0 aromatic carbocycles. The molecule has 1 aliphatic rings. The molecule has 0 saturated carbocycles. The minimum atomic E-state index is 0.0934. The van der Waals surface area contributed by atoms with Crippen LogP contribution in [-0.4, -0.2) is 27.3 Å². The highest BCUT2D eigenvalue weighted by atomic mass is 15.2. The third kappa shape index (κ3) is 2.79. The van der Waals surface area contributed by atoms with E-state index in [1.54, 1.807) is 0 Å². The molecule has 0 saturated heterocycles. The van der Waals surface area contributed by atoms with Crippen LogP contribution in [0, 0.1) is 6.92 Å². The van der Waals surface area contributed by atoms with E-state index in [9.17, 15) is 0 Å². The Hall–Kier alpha value is -1.71. The molecule has 0 atom stereocenters. The number of aliphatic imine (C=N–C) groups is 1. The molecule has 0 aliphatic carbocycles. The first kappa shape index (κ1) is 16.7. The average molecular weight is 300 g/mol. The number of aromatic nitrogens is 3. The molecule has 0 unspecified atom stereocenters. The minimum Gasteiger partial charge on any atom is -0.316 e. The van der Waals surface area contributed by atoms with Crippen LogP contribution in [-0.2, 0) is 5.54 Å². The fraction of sp³-hybridized carbons (Fsp3) is 0.611. The van der Waals surface area contributed by atoms with Gasteiger partial charge in [0.1, 0.15) is 11.5 Å². The summed E-state index contributed by atoms with van der Waals surface area (Å²) in [6, 6.07) is 2.16. The van der Waals surface area contributed by atoms with Gasteiger partial charge in [0.15, 0.2) is 0 Å². The molecule has 0 bridgehead atoms. The van der Waals surface area contributed by atoms with Gasteiger partial charge in [-0.05, 0) is 25.8 Å². The molecule has 4 heteroatoms. The molecule has 3 heterocycles. The van der Waals surface area contributed by atoms with Crippen LogP contribution in [0.2, 0.25) is 0 Å². The van der Waals surface area contributed by atoms with Crippen molar-refractivity contribution in [3.05, 3.63) is 23.8 Å². The van der Waals surface area contributed by atoms with Gasteiger partial charge in [-0.15, -0.1) is 0 Å². The second kappa shape index (κ2) is 7.03. The van der Waals surface area contributed by atoms with Gasteiger partial charge in [-0.1, -0.05) is 40.5 Å². The van der Waals surface area contributed by atoms with E-state index < -0.39 is 0 Å². The highest BCUT2D eigenvalue weighted by Gasteiger charge is 2.35. The van der Waals surface area contributed by atoms with Crippen LogP contribution < -0.4 is 0 Å². The lowest BCUT2D eigenvalue weighted by Crippen LogP contribution is -2.40. The Morgan fingerprint density at radius 1 is 1.18 bits per heavy atom. The SMILES string of the molecule is CC.CCCC1(CCC)CN=Cc2cc3cnc(C)nc3n21. The van der Waals surface area contributed by atoms with Gasteiger partial charge in [0.25, 0.3) is 0 Å². The molecule has 0 spiro atoms. The molecule has 1 aliphatic heterocycles. The molecule has 2 aromatic heterocycles. The number of hydrogen-bond donors (Lipinski definition) is 0. The van der Waals surface area contributed by atoms with Crippen LogP contribution in [0.25, 0.3) is 11.0 Å². The summed E-state index contributed by atoms with van der Waals surface area (Å²) in [5.74, 6) is 0.836. The summed E-state index contributed by atoms with van der Waals surface area (Å²) in [6.07, 6.45) is 8.55. The lowest BCUT2D eigenvalue weighted by atomic mass is 9.87. The molecule has 0 N–H and O–H groups in total. The van der Waals surface area contributed by atoms with E-state index in [0.717, 1.165) is 36.2 Å². The Kier molecular flexibility index (Phi) is 5.33. The Labute approximate surface area is 133 Å². The maximum atomic E-state index is 4.70. The van der Waals surface area contributed by atoms with Gasteiger partial charge < -0.3 is 4.57 Å². The second-order valence-corrected chi connectivity index (χ2v) is 5.79. The third-order valence-electron chi connectivity index (χ3n) is 4.20. The van der Waals surface area contributed by atoms with Crippen molar-refractivity contribution in [3.63, 3.8) is 0 Å². The highest BCUT2D eigenvalue weighted by Crippen LogP contribution is 2.36. The summed E-state index contributed by atoms with van der Waals surface area (Å²) in [4.78, 5) is 13.7. The van der Waals surface area contributed by atoms with Crippen molar-refractivity contribution in [2.45, 2.75) is 65.8 Å².